The topological polar surface area (TPSA) is 68.7 Å². The predicted octanol–water partition coefficient (Wildman–Crippen LogP) is 0.995. The fourth-order valence-electron chi connectivity index (χ4n) is 1.34. The largest absolute Gasteiger partial charge is 0.481 e. The molecule has 0 amide bonds. The SMILES string of the molecule is COC(=O)CC(O)c1cnc(OC)c(C)c1. The quantitative estimate of drug-likeness (QED) is 0.774. The molecule has 0 spiro atoms. The van der Waals surface area contributed by atoms with Crippen molar-refractivity contribution in [3.05, 3.63) is 23.4 Å². The van der Waals surface area contributed by atoms with E-state index in [2.05, 4.69) is 9.72 Å². The number of carbonyl (C=O) groups excluding carboxylic acids is 1. The summed E-state index contributed by atoms with van der Waals surface area (Å²) >= 11 is 0. The molecule has 1 aromatic rings. The molecule has 0 aliphatic carbocycles. The zero-order valence-electron chi connectivity index (χ0n) is 9.56. The predicted molar refractivity (Wildman–Crippen MR) is 57.1 cm³/mol. The van der Waals surface area contributed by atoms with Gasteiger partial charge in [0.2, 0.25) is 5.88 Å². The number of carbonyl (C=O) groups is 1. The summed E-state index contributed by atoms with van der Waals surface area (Å²) in [5.41, 5.74) is 1.38. The van der Waals surface area contributed by atoms with Gasteiger partial charge in [-0.2, -0.15) is 0 Å². The van der Waals surface area contributed by atoms with Crippen LogP contribution in [0.15, 0.2) is 12.3 Å². The maximum atomic E-state index is 11.0. The average Bonchev–Trinajstić information content (AvgIpc) is 2.28. The van der Waals surface area contributed by atoms with Gasteiger partial charge in [-0.3, -0.25) is 4.79 Å². The fraction of sp³-hybridized carbons (Fsp3) is 0.455. The summed E-state index contributed by atoms with van der Waals surface area (Å²) in [5.74, 6) is 0.0509. The lowest BCUT2D eigenvalue weighted by molar-refractivity contribution is -0.142. The van der Waals surface area contributed by atoms with E-state index in [0.29, 0.717) is 11.4 Å². The summed E-state index contributed by atoms with van der Waals surface area (Å²) in [6.45, 7) is 1.82. The molecule has 0 saturated heterocycles. The lowest BCUT2D eigenvalue weighted by atomic mass is 10.1. The van der Waals surface area contributed by atoms with Gasteiger partial charge in [0.25, 0.3) is 0 Å². The second kappa shape index (κ2) is 5.46. The standard InChI is InChI=1S/C11H15NO4/c1-7-4-8(6-12-11(7)16-3)9(13)5-10(14)15-2/h4,6,9,13H,5H2,1-3H3. The van der Waals surface area contributed by atoms with Gasteiger partial charge >= 0.3 is 5.97 Å². The molecule has 0 saturated carbocycles. The first kappa shape index (κ1) is 12.4. The van der Waals surface area contributed by atoms with Gasteiger partial charge in [-0.25, -0.2) is 4.98 Å². The molecule has 1 aromatic heterocycles. The number of rotatable bonds is 4. The Labute approximate surface area is 94.0 Å². The monoisotopic (exact) mass is 225 g/mol. The van der Waals surface area contributed by atoms with Crippen molar-refractivity contribution in [1.29, 1.82) is 0 Å². The van der Waals surface area contributed by atoms with Crippen LogP contribution in [-0.4, -0.2) is 30.3 Å². The van der Waals surface area contributed by atoms with E-state index < -0.39 is 12.1 Å². The molecule has 0 fully saturated rings. The molecule has 0 aliphatic heterocycles. The van der Waals surface area contributed by atoms with Crippen molar-refractivity contribution < 1.29 is 19.4 Å². The Kier molecular flexibility index (Phi) is 4.25. The van der Waals surface area contributed by atoms with Crippen LogP contribution in [0, 0.1) is 6.92 Å². The Morgan fingerprint density at radius 2 is 2.25 bits per heavy atom. The Balaban J connectivity index is 2.80. The van der Waals surface area contributed by atoms with E-state index in [0.717, 1.165) is 5.56 Å². The first-order valence-electron chi connectivity index (χ1n) is 4.84. The Bertz CT molecular complexity index is 378. The van der Waals surface area contributed by atoms with E-state index in [1.165, 1.54) is 20.4 Å². The van der Waals surface area contributed by atoms with E-state index in [4.69, 9.17) is 4.74 Å². The molecule has 5 heteroatoms. The summed E-state index contributed by atoms with van der Waals surface area (Å²) < 4.78 is 9.47. The van der Waals surface area contributed by atoms with E-state index >= 15 is 0 Å². The number of hydrogen-bond donors (Lipinski definition) is 1. The highest BCUT2D eigenvalue weighted by Crippen LogP contribution is 2.21. The number of aliphatic hydroxyl groups is 1. The summed E-state index contributed by atoms with van der Waals surface area (Å²) in [5, 5.41) is 9.73. The minimum absolute atomic E-state index is 0.0794. The van der Waals surface area contributed by atoms with Crippen LogP contribution in [0.3, 0.4) is 0 Å². The van der Waals surface area contributed by atoms with Crippen molar-refractivity contribution in [3.63, 3.8) is 0 Å². The zero-order chi connectivity index (χ0) is 12.1. The Hall–Kier alpha value is -1.62. The zero-order valence-corrected chi connectivity index (χ0v) is 9.56. The smallest absolute Gasteiger partial charge is 0.308 e. The van der Waals surface area contributed by atoms with E-state index in [1.807, 2.05) is 6.92 Å². The van der Waals surface area contributed by atoms with Crippen molar-refractivity contribution in [3.8, 4) is 5.88 Å². The minimum atomic E-state index is -0.899. The molecule has 0 radical (unpaired) electrons. The van der Waals surface area contributed by atoms with Crippen molar-refractivity contribution in [2.24, 2.45) is 0 Å². The third-order valence-corrected chi connectivity index (χ3v) is 2.22. The summed E-state index contributed by atoms with van der Waals surface area (Å²) in [6, 6.07) is 1.74. The second-order valence-corrected chi connectivity index (χ2v) is 3.39. The molecule has 5 nitrogen and oxygen atoms in total. The molecule has 0 aromatic carbocycles. The second-order valence-electron chi connectivity index (χ2n) is 3.39. The molecule has 0 bridgehead atoms. The van der Waals surface area contributed by atoms with Crippen LogP contribution in [0.1, 0.15) is 23.7 Å². The van der Waals surface area contributed by atoms with Crippen molar-refractivity contribution in [2.45, 2.75) is 19.4 Å². The Morgan fingerprint density at radius 1 is 1.56 bits per heavy atom. The number of ether oxygens (including phenoxy) is 2. The van der Waals surface area contributed by atoms with Crippen molar-refractivity contribution >= 4 is 5.97 Å². The Morgan fingerprint density at radius 3 is 2.75 bits per heavy atom. The molecule has 0 aliphatic rings. The highest BCUT2D eigenvalue weighted by Gasteiger charge is 2.14. The normalized spacial score (nSPS) is 12.0. The lowest BCUT2D eigenvalue weighted by Crippen LogP contribution is -2.08. The molecular weight excluding hydrogens is 210 g/mol. The first-order valence-corrected chi connectivity index (χ1v) is 4.84. The molecule has 1 unspecified atom stereocenters. The number of pyridine rings is 1. The molecular formula is C11H15NO4. The molecule has 1 heterocycles. The third kappa shape index (κ3) is 2.93. The summed E-state index contributed by atoms with van der Waals surface area (Å²) in [6.07, 6.45) is 0.508. The van der Waals surface area contributed by atoms with E-state index in [-0.39, 0.29) is 6.42 Å². The van der Waals surface area contributed by atoms with E-state index in [1.54, 1.807) is 6.07 Å². The van der Waals surface area contributed by atoms with Gasteiger partial charge in [-0.15, -0.1) is 0 Å². The molecule has 1 N–H and O–H groups in total. The highest BCUT2D eigenvalue weighted by molar-refractivity contribution is 5.70. The van der Waals surface area contributed by atoms with Crippen LogP contribution in [0.25, 0.3) is 0 Å². The van der Waals surface area contributed by atoms with Gasteiger partial charge < -0.3 is 14.6 Å². The van der Waals surface area contributed by atoms with Gasteiger partial charge in [0, 0.05) is 11.8 Å². The number of hydrogen-bond acceptors (Lipinski definition) is 5. The van der Waals surface area contributed by atoms with Crippen molar-refractivity contribution in [2.75, 3.05) is 14.2 Å². The first-order chi connectivity index (χ1) is 7.58. The van der Waals surface area contributed by atoms with Crippen LogP contribution in [-0.2, 0) is 9.53 Å². The highest BCUT2D eigenvalue weighted by atomic mass is 16.5. The number of esters is 1. The molecule has 16 heavy (non-hydrogen) atoms. The number of nitrogens with zero attached hydrogens (tertiary/aromatic N) is 1. The molecule has 1 rings (SSSR count). The van der Waals surface area contributed by atoms with E-state index in [9.17, 15) is 9.90 Å². The van der Waals surface area contributed by atoms with Crippen LogP contribution in [0.5, 0.6) is 5.88 Å². The maximum absolute atomic E-state index is 11.0. The number of aromatic nitrogens is 1. The van der Waals surface area contributed by atoms with Crippen LogP contribution < -0.4 is 4.74 Å². The van der Waals surface area contributed by atoms with Crippen molar-refractivity contribution in [1.82, 2.24) is 4.98 Å². The van der Waals surface area contributed by atoms with Crippen LogP contribution in [0.4, 0.5) is 0 Å². The molecule has 88 valence electrons. The maximum Gasteiger partial charge on any atom is 0.308 e. The van der Waals surface area contributed by atoms with Crippen LogP contribution in [0.2, 0.25) is 0 Å². The average molecular weight is 225 g/mol. The summed E-state index contributed by atoms with van der Waals surface area (Å²) in [4.78, 5) is 15.0. The fourth-order valence-corrected chi connectivity index (χ4v) is 1.34. The van der Waals surface area contributed by atoms with Gasteiger partial charge in [0.1, 0.15) is 0 Å². The van der Waals surface area contributed by atoms with Crippen LogP contribution >= 0.6 is 0 Å². The summed E-state index contributed by atoms with van der Waals surface area (Å²) in [7, 11) is 2.81. The van der Waals surface area contributed by atoms with Gasteiger partial charge in [0.15, 0.2) is 0 Å². The third-order valence-electron chi connectivity index (χ3n) is 2.22. The van der Waals surface area contributed by atoms with Gasteiger partial charge in [0.05, 0.1) is 26.7 Å². The number of methoxy groups -OCH3 is 2. The minimum Gasteiger partial charge on any atom is -0.481 e. The van der Waals surface area contributed by atoms with Gasteiger partial charge in [-0.05, 0) is 18.6 Å². The number of aryl methyl sites for hydroxylation is 1. The van der Waals surface area contributed by atoms with Gasteiger partial charge in [-0.1, -0.05) is 0 Å². The lowest BCUT2D eigenvalue weighted by Gasteiger charge is -2.11. The number of aliphatic hydroxyl groups excluding tert-OH is 1. The molecule has 1 atom stereocenters.